The van der Waals surface area contributed by atoms with Gasteiger partial charge in [0.1, 0.15) is 17.9 Å². The van der Waals surface area contributed by atoms with Gasteiger partial charge in [0, 0.05) is 7.05 Å². The minimum atomic E-state index is -0.257. The molecule has 1 aromatic carbocycles. The number of benzene rings is 1. The molecule has 0 unspecified atom stereocenters. The van der Waals surface area contributed by atoms with Crippen LogP contribution in [0.15, 0.2) is 24.5 Å². The van der Waals surface area contributed by atoms with Crippen molar-refractivity contribution in [3.8, 4) is 5.75 Å². The molecule has 0 saturated carbocycles. The lowest BCUT2D eigenvalue weighted by atomic mass is 10.1. The summed E-state index contributed by atoms with van der Waals surface area (Å²) in [7, 11) is 1.65. The molecule has 0 bridgehead atoms. The van der Waals surface area contributed by atoms with Crippen LogP contribution in [0.5, 0.6) is 5.75 Å². The number of phenols is 1. The van der Waals surface area contributed by atoms with Crippen LogP contribution in [0.25, 0.3) is 0 Å². The molecule has 0 atom stereocenters. The highest BCUT2D eigenvalue weighted by atomic mass is 16.3. The molecule has 0 radical (unpaired) electrons. The van der Waals surface area contributed by atoms with E-state index in [2.05, 4.69) is 15.2 Å². The van der Waals surface area contributed by atoms with Gasteiger partial charge in [0.15, 0.2) is 0 Å². The second-order valence-corrected chi connectivity index (χ2v) is 4.06. The number of phenolic OH excluding ortho intramolecular Hbond substituents is 1. The Morgan fingerprint density at radius 1 is 1.50 bits per heavy atom. The smallest absolute Gasteiger partial charge is 0.257 e. The minimum absolute atomic E-state index is 0.0203. The predicted molar refractivity (Wildman–Crippen MR) is 65.0 cm³/mol. The van der Waals surface area contributed by atoms with Gasteiger partial charge in [0.25, 0.3) is 5.91 Å². The molecule has 2 N–H and O–H groups in total. The van der Waals surface area contributed by atoms with Crippen molar-refractivity contribution >= 4 is 5.91 Å². The van der Waals surface area contributed by atoms with Crippen molar-refractivity contribution in [1.82, 2.24) is 20.1 Å². The molecule has 0 aliphatic heterocycles. The zero-order valence-electron chi connectivity index (χ0n) is 10.2. The molecule has 6 nitrogen and oxygen atoms in total. The van der Waals surface area contributed by atoms with Crippen LogP contribution in [-0.4, -0.2) is 38.1 Å². The van der Waals surface area contributed by atoms with Crippen LogP contribution < -0.4 is 0 Å². The lowest BCUT2D eigenvalue weighted by Crippen LogP contribution is -2.26. The molecule has 18 heavy (non-hydrogen) atoms. The van der Waals surface area contributed by atoms with Crippen LogP contribution in [0, 0.1) is 6.92 Å². The average molecular weight is 246 g/mol. The van der Waals surface area contributed by atoms with Gasteiger partial charge in [-0.2, -0.15) is 5.10 Å². The van der Waals surface area contributed by atoms with E-state index in [1.165, 1.54) is 11.2 Å². The van der Waals surface area contributed by atoms with E-state index in [0.717, 1.165) is 0 Å². The molecule has 2 rings (SSSR count). The highest BCUT2D eigenvalue weighted by Crippen LogP contribution is 2.22. The molecule has 94 valence electrons. The SMILES string of the molecule is Cc1cccc(C(=O)N(C)Cc2ncn[nH]2)c1O. The van der Waals surface area contributed by atoms with E-state index >= 15 is 0 Å². The van der Waals surface area contributed by atoms with Gasteiger partial charge in [0.05, 0.1) is 12.1 Å². The van der Waals surface area contributed by atoms with Crippen LogP contribution in [0.1, 0.15) is 21.7 Å². The van der Waals surface area contributed by atoms with E-state index in [1.54, 1.807) is 32.2 Å². The lowest BCUT2D eigenvalue weighted by molar-refractivity contribution is 0.0778. The Morgan fingerprint density at radius 3 is 2.94 bits per heavy atom. The number of nitrogens with zero attached hydrogens (tertiary/aromatic N) is 3. The quantitative estimate of drug-likeness (QED) is 0.849. The first-order valence-electron chi connectivity index (χ1n) is 5.48. The van der Waals surface area contributed by atoms with Crippen molar-refractivity contribution in [3.05, 3.63) is 41.5 Å². The fraction of sp³-hybridized carbons (Fsp3) is 0.250. The summed E-state index contributed by atoms with van der Waals surface area (Å²) in [6, 6.07) is 5.09. The number of aromatic amines is 1. The third kappa shape index (κ3) is 2.32. The highest BCUT2D eigenvalue weighted by Gasteiger charge is 2.17. The number of amides is 1. The summed E-state index contributed by atoms with van der Waals surface area (Å²) in [6.45, 7) is 2.06. The number of aromatic hydroxyl groups is 1. The molecule has 1 heterocycles. The summed E-state index contributed by atoms with van der Waals surface area (Å²) in [4.78, 5) is 17.6. The monoisotopic (exact) mass is 246 g/mol. The summed E-state index contributed by atoms with van der Waals surface area (Å²) in [6.07, 6.45) is 1.39. The third-order valence-corrected chi connectivity index (χ3v) is 2.67. The first-order chi connectivity index (χ1) is 8.59. The van der Waals surface area contributed by atoms with Crippen molar-refractivity contribution in [3.63, 3.8) is 0 Å². The maximum absolute atomic E-state index is 12.1. The summed E-state index contributed by atoms with van der Waals surface area (Å²) in [5.41, 5.74) is 0.964. The largest absolute Gasteiger partial charge is 0.507 e. The van der Waals surface area contributed by atoms with E-state index in [4.69, 9.17) is 0 Å². The first kappa shape index (κ1) is 12.1. The summed E-state index contributed by atoms with van der Waals surface area (Å²) in [5, 5.41) is 16.3. The van der Waals surface area contributed by atoms with Gasteiger partial charge in [-0.15, -0.1) is 0 Å². The Balaban J connectivity index is 2.18. The first-order valence-corrected chi connectivity index (χ1v) is 5.48. The maximum atomic E-state index is 12.1. The zero-order valence-corrected chi connectivity index (χ0v) is 10.2. The third-order valence-electron chi connectivity index (χ3n) is 2.67. The number of nitrogens with one attached hydrogen (secondary N) is 1. The van der Waals surface area contributed by atoms with Crippen molar-refractivity contribution in [2.75, 3.05) is 7.05 Å². The molecule has 1 aromatic heterocycles. The minimum Gasteiger partial charge on any atom is -0.507 e. The molecular weight excluding hydrogens is 232 g/mol. The Bertz CT molecular complexity index is 551. The molecule has 0 aliphatic rings. The Labute approximate surface area is 104 Å². The van der Waals surface area contributed by atoms with Crippen LogP contribution in [0.4, 0.5) is 0 Å². The number of aromatic nitrogens is 3. The van der Waals surface area contributed by atoms with Gasteiger partial charge in [0.2, 0.25) is 0 Å². The Kier molecular flexibility index (Phi) is 3.27. The topological polar surface area (TPSA) is 82.1 Å². The molecule has 0 spiro atoms. The summed E-state index contributed by atoms with van der Waals surface area (Å²) in [5.74, 6) is 0.359. The van der Waals surface area contributed by atoms with E-state index in [9.17, 15) is 9.90 Å². The normalized spacial score (nSPS) is 10.3. The second kappa shape index (κ2) is 4.87. The van der Waals surface area contributed by atoms with Gasteiger partial charge in [-0.3, -0.25) is 9.89 Å². The number of carbonyl (C=O) groups excluding carboxylic acids is 1. The molecule has 6 heteroatoms. The van der Waals surface area contributed by atoms with Crippen molar-refractivity contribution in [2.24, 2.45) is 0 Å². The molecular formula is C12H14N4O2. The van der Waals surface area contributed by atoms with E-state index < -0.39 is 0 Å². The Morgan fingerprint density at radius 2 is 2.28 bits per heavy atom. The number of hydrogen-bond acceptors (Lipinski definition) is 4. The van der Waals surface area contributed by atoms with Gasteiger partial charge in [-0.1, -0.05) is 12.1 Å². The number of rotatable bonds is 3. The highest BCUT2D eigenvalue weighted by molar-refractivity contribution is 5.97. The van der Waals surface area contributed by atoms with Crippen LogP contribution in [0.3, 0.4) is 0 Å². The zero-order chi connectivity index (χ0) is 13.1. The van der Waals surface area contributed by atoms with Gasteiger partial charge in [-0.25, -0.2) is 4.98 Å². The Hall–Kier alpha value is -2.37. The van der Waals surface area contributed by atoms with Crippen LogP contribution >= 0.6 is 0 Å². The second-order valence-electron chi connectivity index (χ2n) is 4.06. The lowest BCUT2D eigenvalue weighted by Gasteiger charge is -2.16. The van der Waals surface area contributed by atoms with E-state index in [-0.39, 0.29) is 17.2 Å². The van der Waals surface area contributed by atoms with E-state index in [1.807, 2.05) is 0 Å². The van der Waals surface area contributed by atoms with Crippen LogP contribution in [-0.2, 0) is 6.54 Å². The van der Waals surface area contributed by atoms with E-state index in [0.29, 0.717) is 17.9 Å². The maximum Gasteiger partial charge on any atom is 0.257 e. The number of aryl methyl sites for hydroxylation is 1. The molecule has 2 aromatic rings. The van der Waals surface area contributed by atoms with Gasteiger partial charge in [-0.05, 0) is 18.6 Å². The molecule has 1 amide bonds. The number of carbonyl (C=O) groups is 1. The molecule has 0 aliphatic carbocycles. The van der Waals surface area contributed by atoms with Gasteiger partial charge >= 0.3 is 0 Å². The van der Waals surface area contributed by atoms with Gasteiger partial charge < -0.3 is 10.0 Å². The standard InChI is InChI=1S/C12H14N4O2/c1-8-4-3-5-9(11(8)17)12(18)16(2)6-10-13-7-14-15-10/h3-5,7,17H,6H2,1-2H3,(H,13,14,15). The van der Waals surface area contributed by atoms with Crippen molar-refractivity contribution < 1.29 is 9.90 Å². The number of H-pyrrole nitrogens is 1. The molecule has 0 saturated heterocycles. The molecule has 0 fully saturated rings. The summed E-state index contributed by atoms with van der Waals surface area (Å²) >= 11 is 0. The number of hydrogen-bond donors (Lipinski definition) is 2. The van der Waals surface area contributed by atoms with Crippen LogP contribution in [0.2, 0.25) is 0 Å². The fourth-order valence-electron chi connectivity index (χ4n) is 1.64. The van der Waals surface area contributed by atoms with Crippen molar-refractivity contribution in [1.29, 1.82) is 0 Å². The predicted octanol–water partition coefficient (Wildman–Crippen LogP) is 1.09. The average Bonchev–Trinajstić information content (AvgIpc) is 2.84. The number of para-hydroxylation sites is 1. The summed E-state index contributed by atoms with van der Waals surface area (Å²) < 4.78 is 0. The fourth-order valence-corrected chi connectivity index (χ4v) is 1.64. The van der Waals surface area contributed by atoms with Crippen molar-refractivity contribution in [2.45, 2.75) is 13.5 Å².